The molecule has 2 bridgehead atoms. The minimum absolute atomic E-state index is 0. The number of nitrogens with zero attached hydrogens (tertiary/aromatic N) is 4. The Morgan fingerprint density at radius 1 is 0.852 bits per heavy atom. The van der Waals surface area contributed by atoms with Crippen molar-refractivity contribution in [2.75, 3.05) is 66.5 Å². The van der Waals surface area contributed by atoms with Gasteiger partial charge in [-0.05, 0) is 39.2 Å². The van der Waals surface area contributed by atoms with Crippen molar-refractivity contribution in [3.63, 3.8) is 0 Å². The fourth-order valence-electron chi connectivity index (χ4n) is 4.02. The van der Waals surface area contributed by atoms with Gasteiger partial charge in [0.25, 0.3) is 0 Å². The van der Waals surface area contributed by atoms with E-state index in [1.165, 1.54) is 12.0 Å². The van der Waals surface area contributed by atoms with E-state index in [9.17, 15) is 0 Å². The van der Waals surface area contributed by atoms with Gasteiger partial charge in [-0.3, -0.25) is 9.80 Å². The Balaban J connectivity index is 0.00000261. The molecule has 0 N–H and O–H groups in total. The number of likely N-dealkylation sites (N-methyl/N-ethyl adjacent to an activating group) is 2. The number of halogens is 2. The Kier molecular flexibility index (Phi) is 9.37. The van der Waals surface area contributed by atoms with Crippen LogP contribution in [0.3, 0.4) is 0 Å². The maximum absolute atomic E-state index is 6.97. The van der Waals surface area contributed by atoms with Crippen LogP contribution in [-0.2, 0) is 17.1 Å². The molecular formula is C20H32Cl2MnN4. The molecule has 3 rings (SSSR count). The van der Waals surface area contributed by atoms with Gasteiger partial charge in [0.2, 0.25) is 0 Å². The second-order valence-electron chi connectivity index (χ2n) is 7.76. The predicted octanol–water partition coefficient (Wildman–Crippen LogP) is 3.13. The molecule has 3 unspecified atom stereocenters. The van der Waals surface area contributed by atoms with E-state index in [1.54, 1.807) is 0 Å². The van der Waals surface area contributed by atoms with Crippen LogP contribution in [-0.4, -0.2) is 90.5 Å². The van der Waals surface area contributed by atoms with Gasteiger partial charge >= 0.3 is 0 Å². The van der Waals surface area contributed by atoms with E-state index < -0.39 is 4.46 Å². The molecule has 2 fully saturated rings. The summed E-state index contributed by atoms with van der Waals surface area (Å²) in [7, 11) is 4.39. The first-order valence-electron chi connectivity index (χ1n) is 9.75. The molecule has 2 aliphatic rings. The maximum atomic E-state index is 6.97. The molecule has 0 saturated carbocycles. The molecule has 27 heavy (non-hydrogen) atoms. The summed E-state index contributed by atoms with van der Waals surface area (Å²) in [5, 5.41) is 0. The van der Waals surface area contributed by atoms with Crippen molar-refractivity contribution in [3.8, 4) is 0 Å². The van der Waals surface area contributed by atoms with Crippen molar-refractivity contribution < 1.29 is 17.1 Å². The average molecular weight is 454 g/mol. The standard InChI is InChI=1S/C20H32Cl2N4.Mn/c1-23-9-6-10-25-13-12-24(2)19(18-7-4-3-5-8-18)17-20(21,22)26(15-11-23)16-14-25;/h3-5,7-8,19H,6,9-17H2,1-2H3;. The Labute approximate surface area is 185 Å². The van der Waals surface area contributed by atoms with Crippen LogP contribution in [0.5, 0.6) is 0 Å². The molecule has 2 aliphatic heterocycles. The normalized spacial score (nSPS) is 31.0. The zero-order chi connectivity index (χ0) is 18.6. The quantitative estimate of drug-likeness (QED) is 0.367. The Morgan fingerprint density at radius 3 is 2.26 bits per heavy atom. The number of alkyl halides is 2. The van der Waals surface area contributed by atoms with Gasteiger partial charge in [-0.1, -0.05) is 53.5 Å². The molecule has 1 radical (unpaired) electrons. The molecular weight excluding hydrogens is 422 g/mol. The second-order valence-corrected chi connectivity index (χ2v) is 9.21. The van der Waals surface area contributed by atoms with Gasteiger partial charge in [-0.2, -0.15) is 0 Å². The van der Waals surface area contributed by atoms with E-state index in [1.807, 2.05) is 0 Å². The van der Waals surface area contributed by atoms with E-state index in [4.69, 9.17) is 23.2 Å². The molecule has 3 atom stereocenters. The molecule has 0 aromatic heterocycles. The number of hydrogen-bond donors (Lipinski definition) is 0. The Morgan fingerprint density at radius 2 is 1.52 bits per heavy atom. The van der Waals surface area contributed by atoms with Crippen molar-refractivity contribution in [3.05, 3.63) is 35.9 Å². The summed E-state index contributed by atoms with van der Waals surface area (Å²) in [5.74, 6) is 0. The van der Waals surface area contributed by atoms with Gasteiger partial charge in [0, 0.05) is 68.8 Å². The van der Waals surface area contributed by atoms with Crippen LogP contribution in [0.1, 0.15) is 24.4 Å². The van der Waals surface area contributed by atoms with Crippen LogP contribution < -0.4 is 0 Å². The average Bonchev–Trinajstić information content (AvgIpc) is 2.63. The molecule has 7 heteroatoms. The SMILES string of the molecule is CN1CCCN2CCN(C)C(c3ccccc3)CC(Cl)(Cl)N(CC1)CC2.[Mn]. The summed E-state index contributed by atoms with van der Waals surface area (Å²) in [5.41, 5.74) is 1.29. The van der Waals surface area contributed by atoms with Gasteiger partial charge in [0.1, 0.15) is 0 Å². The molecule has 2 saturated heterocycles. The molecule has 0 aliphatic carbocycles. The molecule has 0 spiro atoms. The third-order valence-electron chi connectivity index (χ3n) is 5.84. The van der Waals surface area contributed by atoms with E-state index >= 15 is 0 Å². The van der Waals surface area contributed by atoms with E-state index in [-0.39, 0.29) is 23.1 Å². The van der Waals surface area contributed by atoms with E-state index in [0.29, 0.717) is 6.42 Å². The van der Waals surface area contributed by atoms with Gasteiger partial charge in [0.05, 0.1) is 0 Å². The maximum Gasteiger partial charge on any atom is 0.173 e. The largest absolute Gasteiger partial charge is 0.305 e. The first kappa shape index (κ1) is 23.4. The van der Waals surface area contributed by atoms with Crippen LogP contribution in [0, 0.1) is 0 Å². The third-order valence-corrected chi connectivity index (χ3v) is 6.63. The molecule has 1 aromatic carbocycles. The van der Waals surface area contributed by atoms with Crippen LogP contribution in [0.2, 0.25) is 0 Å². The fraction of sp³-hybridized carbons (Fsp3) is 0.700. The van der Waals surface area contributed by atoms with Crippen LogP contribution in [0.25, 0.3) is 0 Å². The predicted molar refractivity (Wildman–Crippen MR) is 111 cm³/mol. The minimum atomic E-state index is -0.863. The summed E-state index contributed by atoms with van der Waals surface area (Å²) < 4.78 is -0.863. The fourth-order valence-corrected chi connectivity index (χ4v) is 4.65. The summed E-state index contributed by atoms with van der Waals surface area (Å²) in [6.07, 6.45) is 1.93. The molecule has 4 nitrogen and oxygen atoms in total. The van der Waals surface area contributed by atoms with Gasteiger partial charge in [-0.15, -0.1) is 0 Å². The van der Waals surface area contributed by atoms with Crippen LogP contribution in [0.15, 0.2) is 30.3 Å². The van der Waals surface area contributed by atoms with E-state index in [2.05, 4.69) is 64.0 Å². The summed E-state index contributed by atoms with van der Waals surface area (Å²) >= 11 is 13.9. The molecule has 0 amide bonds. The summed E-state index contributed by atoms with van der Waals surface area (Å²) in [6, 6.07) is 10.9. The number of hydrogen-bond acceptors (Lipinski definition) is 4. The van der Waals surface area contributed by atoms with Crippen molar-refractivity contribution in [1.82, 2.24) is 19.6 Å². The van der Waals surface area contributed by atoms with Crippen molar-refractivity contribution in [2.24, 2.45) is 0 Å². The number of benzene rings is 1. The van der Waals surface area contributed by atoms with Crippen LogP contribution >= 0.6 is 23.2 Å². The van der Waals surface area contributed by atoms with E-state index in [0.717, 1.165) is 52.4 Å². The van der Waals surface area contributed by atoms with Crippen molar-refractivity contribution >= 4 is 23.2 Å². The zero-order valence-electron chi connectivity index (χ0n) is 16.5. The molecule has 2 heterocycles. The van der Waals surface area contributed by atoms with Crippen LogP contribution in [0.4, 0.5) is 0 Å². The zero-order valence-corrected chi connectivity index (χ0v) is 19.2. The van der Waals surface area contributed by atoms with Gasteiger partial charge in [-0.25, -0.2) is 0 Å². The topological polar surface area (TPSA) is 13.0 Å². The van der Waals surface area contributed by atoms with Crippen molar-refractivity contribution in [2.45, 2.75) is 23.3 Å². The number of fused-ring (bicyclic) bond motifs is 3. The monoisotopic (exact) mass is 453 g/mol. The van der Waals surface area contributed by atoms with Gasteiger partial charge in [0.15, 0.2) is 4.46 Å². The number of rotatable bonds is 1. The minimum Gasteiger partial charge on any atom is -0.305 e. The first-order valence-corrected chi connectivity index (χ1v) is 10.5. The second kappa shape index (κ2) is 10.8. The molecule has 1 aromatic rings. The summed E-state index contributed by atoms with van der Waals surface area (Å²) in [4.78, 5) is 9.66. The summed E-state index contributed by atoms with van der Waals surface area (Å²) in [6.45, 7) is 8.26. The third kappa shape index (κ3) is 6.58. The smallest absolute Gasteiger partial charge is 0.173 e. The first-order chi connectivity index (χ1) is 12.5. The Hall–Kier alpha value is 0.159. The van der Waals surface area contributed by atoms with Gasteiger partial charge < -0.3 is 9.80 Å². The van der Waals surface area contributed by atoms with Crippen molar-refractivity contribution in [1.29, 1.82) is 0 Å². The molecule has 153 valence electrons. The Bertz CT molecular complexity index is 560.